The first-order valence-electron chi connectivity index (χ1n) is 9.84. The van der Waals surface area contributed by atoms with E-state index >= 15 is 0 Å². The first-order valence-corrected chi connectivity index (χ1v) is 9.84. The molecule has 1 fully saturated rings. The quantitative estimate of drug-likeness (QED) is 0.181. The van der Waals surface area contributed by atoms with Gasteiger partial charge in [-0.3, -0.25) is 0 Å². The Morgan fingerprint density at radius 2 is 1.35 bits per heavy atom. The number of carbonyl (C=O) groups excluding carboxylic acids is 2. The fraction of sp³-hybridized carbons (Fsp3) is 0.714. The first-order chi connectivity index (χ1) is 12.6. The minimum Gasteiger partial charge on any atom is -0.463 e. The number of esters is 2. The van der Waals surface area contributed by atoms with Crippen LogP contribution in [0.25, 0.3) is 0 Å². The lowest BCUT2D eigenvalue weighted by molar-refractivity contribution is -0.138. The van der Waals surface area contributed by atoms with Crippen LogP contribution in [0.1, 0.15) is 71.1 Å². The molecule has 5 heteroatoms. The van der Waals surface area contributed by atoms with Crippen molar-refractivity contribution in [1.29, 1.82) is 0 Å². The maximum absolute atomic E-state index is 10.7. The number of carbonyl (C=O) groups is 2. The standard InChI is InChI=1S/C15H28O2.C6H8O3/c1-3-5-6-7-8-9-10-11-12-13-14-17-15(16)4-2;1-2-6(7)9-4-5-3-8-5/h4H,2-3,5-14H2,1H3;2,5H,1,3-4H2. The molecule has 0 aromatic heterocycles. The van der Waals surface area contributed by atoms with Crippen LogP contribution in [-0.2, 0) is 23.8 Å². The Kier molecular flexibility index (Phi) is 17.0. The molecule has 0 aromatic rings. The number of ether oxygens (including phenoxy) is 3. The van der Waals surface area contributed by atoms with Crippen LogP contribution in [0.3, 0.4) is 0 Å². The summed E-state index contributed by atoms with van der Waals surface area (Å²) in [6.07, 6.45) is 15.5. The predicted octanol–water partition coefficient (Wildman–Crippen LogP) is 4.75. The van der Waals surface area contributed by atoms with Crippen molar-refractivity contribution in [2.45, 2.75) is 77.2 Å². The van der Waals surface area contributed by atoms with E-state index in [-0.39, 0.29) is 18.0 Å². The molecule has 150 valence electrons. The van der Waals surface area contributed by atoms with Crippen LogP contribution in [0.15, 0.2) is 25.3 Å². The van der Waals surface area contributed by atoms with E-state index in [9.17, 15) is 9.59 Å². The second kappa shape index (κ2) is 18.2. The van der Waals surface area contributed by atoms with E-state index in [4.69, 9.17) is 9.47 Å². The lowest BCUT2D eigenvalue weighted by atomic mass is 10.1. The van der Waals surface area contributed by atoms with Crippen molar-refractivity contribution in [2.24, 2.45) is 0 Å². The van der Waals surface area contributed by atoms with Gasteiger partial charge in [0, 0.05) is 12.2 Å². The highest BCUT2D eigenvalue weighted by Gasteiger charge is 2.23. The Morgan fingerprint density at radius 1 is 0.885 bits per heavy atom. The maximum Gasteiger partial charge on any atom is 0.330 e. The predicted molar refractivity (Wildman–Crippen MR) is 104 cm³/mol. The highest BCUT2D eigenvalue weighted by atomic mass is 16.6. The molecule has 1 aliphatic rings. The van der Waals surface area contributed by atoms with Gasteiger partial charge in [0.05, 0.1) is 13.2 Å². The van der Waals surface area contributed by atoms with Gasteiger partial charge in [0.25, 0.3) is 0 Å². The second-order valence-electron chi connectivity index (χ2n) is 6.34. The van der Waals surface area contributed by atoms with Gasteiger partial charge in [-0.2, -0.15) is 0 Å². The molecule has 5 nitrogen and oxygen atoms in total. The molecule has 0 amide bonds. The van der Waals surface area contributed by atoms with Crippen molar-refractivity contribution >= 4 is 11.9 Å². The normalized spacial score (nSPS) is 14.6. The van der Waals surface area contributed by atoms with Crippen LogP contribution in [-0.4, -0.2) is 37.9 Å². The van der Waals surface area contributed by atoms with Gasteiger partial charge >= 0.3 is 11.9 Å². The summed E-state index contributed by atoms with van der Waals surface area (Å²) in [6.45, 7) is 10.5. The van der Waals surface area contributed by atoms with Gasteiger partial charge in [-0.05, 0) is 6.42 Å². The summed E-state index contributed by atoms with van der Waals surface area (Å²) in [5.41, 5.74) is 0. The second-order valence-corrected chi connectivity index (χ2v) is 6.34. The lowest BCUT2D eigenvalue weighted by Crippen LogP contribution is -2.06. The summed E-state index contributed by atoms with van der Waals surface area (Å²) in [7, 11) is 0. The lowest BCUT2D eigenvalue weighted by Gasteiger charge is -2.03. The van der Waals surface area contributed by atoms with E-state index < -0.39 is 0 Å². The largest absolute Gasteiger partial charge is 0.463 e. The molecule has 0 saturated carbocycles. The Morgan fingerprint density at radius 3 is 1.81 bits per heavy atom. The fourth-order valence-corrected chi connectivity index (χ4v) is 2.22. The Labute approximate surface area is 158 Å². The van der Waals surface area contributed by atoms with Crippen LogP contribution in [0.2, 0.25) is 0 Å². The third kappa shape index (κ3) is 18.7. The van der Waals surface area contributed by atoms with Gasteiger partial charge in [-0.15, -0.1) is 0 Å². The highest BCUT2D eigenvalue weighted by Crippen LogP contribution is 2.10. The summed E-state index contributed by atoms with van der Waals surface area (Å²) in [5.74, 6) is -0.688. The molecule has 1 aliphatic heterocycles. The monoisotopic (exact) mass is 368 g/mol. The molecule has 0 spiro atoms. The Balaban J connectivity index is 0.000000577. The van der Waals surface area contributed by atoms with Gasteiger partial charge in [0.15, 0.2) is 0 Å². The topological polar surface area (TPSA) is 65.1 Å². The number of unbranched alkanes of at least 4 members (excludes halogenated alkanes) is 9. The Hall–Kier alpha value is -1.62. The number of rotatable bonds is 15. The van der Waals surface area contributed by atoms with Gasteiger partial charge in [-0.25, -0.2) is 9.59 Å². The van der Waals surface area contributed by atoms with Crippen molar-refractivity contribution in [1.82, 2.24) is 0 Å². The minimum absolute atomic E-state index is 0.147. The van der Waals surface area contributed by atoms with Gasteiger partial charge < -0.3 is 14.2 Å². The Bertz CT molecular complexity index is 388. The number of hydrogen-bond acceptors (Lipinski definition) is 5. The van der Waals surface area contributed by atoms with Crippen molar-refractivity contribution in [3.63, 3.8) is 0 Å². The van der Waals surface area contributed by atoms with Crippen molar-refractivity contribution in [2.75, 3.05) is 19.8 Å². The molecule has 1 unspecified atom stereocenters. The van der Waals surface area contributed by atoms with Crippen molar-refractivity contribution in [3.05, 3.63) is 25.3 Å². The summed E-state index contributed by atoms with van der Waals surface area (Å²) in [4.78, 5) is 21.1. The third-order valence-electron chi connectivity index (χ3n) is 3.89. The van der Waals surface area contributed by atoms with Crippen molar-refractivity contribution < 1.29 is 23.8 Å². The number of hydrogen-bond donors (Lipinski definition) is 0. The average molecular weight is 369 g/mol. The van der Waals surface area contributed by atoms with E-state index in [1.165, 1.54) is 63.9 Å². The summed E-state index contributed by atoms with van der Waals surface area (Å²) >= 11 is 0. The SMILES string of the molecule is C=CC(=O)OCC1CO1.C=CC(=O)OCCCCCCCCCCCC. The zero-order chi connectivity index (χ0) is 19.5. The van der Waals surface area contributed by atoms with Crippen LogP contribution in [0.4, 0.5) is 0 Å². The minimum atomic E-state index is -0.384. The zero-order valence-electron chi connectivity index (χ0n) is 16.4. The van der Waals surface area contributed by atoms with Crippen LogP contribution >= 0.6 is 0 Å². The molecule has 0 radical (unpaired) electrons. The smallest absolute Gasteiger partial charge is 0.330 e. The molecule has 1 saturated heterocycles. The number of epoxide rings is 1. The molecule has 0 N–H and O–H groups in total. The van der Waals surface area contributed by atoms with E-state index in [0.29, 0.717) is 19.8 Å². The molecule has 0 aliphatic carbocycles. The summed E-state index contributed by atoms with van der Waals surface area (Å²) < 4.78 is 14.3. The summed E-state index contributed by atoms with van der Waals surface area (Å²) in [6, 6.07) is 0. The highest BCUT2D eigenvalue weighted by molar-refractivity contribution is 5.81. The van der Waals surface area contributed by atoms with Gasteiger partial charge in [-0.1, -0.05) is 77.9 Å². The third-order valence-corrected chi connectivity index (χ3v) is 3.89. The van der Waals surface area contributed by atoms with E-state index in [2.05, 4.69) is 24.8 Å². The van der Waals surface area contributed by atoms with E-state index in [1.54, 1.807) is 0 Å². The molecule has 0 aromatic carbocycles. The summed E-state index contributed by atoms with van der Waals surface area (Å²) in [5, 5.41) is 0. The van der Waals surface area contributed by atoms with E-state index in [0.717, 1.165) is 12.5 Å². The maximum atomic E-state index is 10.7. The van der Waals surface area contributed by atoms with Crippen LogP contribution < -0.4 is 0 Å². The zero-order valence-corrected chi connectivity index (χ0v) is 16.4. The molecule has 1 heterocycles. The first kappa shape index (κ1) is 24.4. The molecule has 26 heavy (non-hydrogen) atoms. The average Bonchev–Trinajstić information content (AvgIpc) is 3.49. The van der Waals surface area contributed by atoms with Gasteiger partial charge in [0.2, 0.25) is 0 Å². The van der Waals surface area contributed by atoms with Crippen molar-refractivity contribution in [3.8, 4) is 0 Å². The molecular weight excluding hydrogens is 332 g/mol. The molecule has 1 atom stereocenters. The molecule has 0 bridgehead atoms. The van der Waals surface area contributed by atoms with Crippen LogP contribution in [0, 0.1) is 0 Å². The van der Waals surface area contributed by atoms with Crippen LogP contribution in [0.5, 0.6) is 0 Å². The molecule has 1 rings (SSSR count). The molecular formula is C21H36O5. The van der Waals surface area contributed by atoms with Gasteiger partial charge in [0.1, 0.15) is 12.7 Å². The fourth-order valence-electron chi connectivity index (χ4n) is 2.22. The van der Waals surface area contributed by atoms with E-state index in [1.807, 2.05) is 0 Å².